The van der Waals surface area contributed by atoms with Crippen LogP contribution in [0.2, 0.25) is 5.02 Å². The molecule has 1 aromatic heterocycles. The van der Waals surface area contributed by atoms with E-state index in [4.69, 9.17) is 21.1 Å². The lowest BCUT2D eigenvalue weighted by molar-refractivity contribution is -0.141. The van der Waals surface area contributed by atoms with Gasteiger partial charge >= 0.3 is 11.9 Å². The number of hydrogen-bond donors (Lipinski definition) is 1. The molecule has 1 aliphatic rings. The standard InChI is InChI=1S/C20H22ClN3O4/c1-11-5-4-6-12(9-11)10-14(19(25)27-2)22-18-15(21)16(20(26)28-3)23-17(24-18)13-7-8-13/h4-6,9,13-14H,7-8,10H2,1-3H3,(H,22,23,24)/t14-/m0/s1. The van der Waals surface area contributed by atoms with Gasteiger partial charge in [0, 0.05) is 12.3 Å². The summed E-state index contributed by atoms with van der Waals surface area (Å²) in [7, 11) is 2.59. The Kier molecular flexibility index (Phi) is 6.14. The lowest BCUT2D eigenvalue weighted by Gasteiger charge is -2.19. The molecule has 3 rings (SSSR count). The van der Waals surface area contributed by atoms with Gasteiger partial charge in [0.2, 0.25) is 0 Å². The zero-order valence-corrected chi connectivity index (χ0v) is 16.7. The van der Waals surface area contributed by atoms with Crippen molar-refractivity contribution in [2.75, 3.05) is 19.5 Å². The van der Waals surface area contributed by atoms with Crippen LogP contribution in [0, 0.1) is 6.92 Å². The summed E-state index contributed by atoms with van der Waals surface area (Å²) in [5.74, 6) is -0.169. The molecule has 1 aliphatic carbocycles. The number of methoxy groups -OCH3 is 2. The van der Waals surface area contributed by atoms with Gasteiger partial charge in [-0.15, -0.1) is 0 Å². The number of nitrogens with one attached hydrogen (secondary N) is 1. The Hall–Kier alpha value is -2.67. The van der Waals surface area contributed by atoms with Crippen LogP contribution in [0.15, 0.2) is 24.3 Å². The van der Waals surface area contributed by atoms with Crippen LogP contribution in [-0.2, 0) is 20.7 Å². The molecular formula is C20H22ClN3O4. The molecule has 0 saturated heterocycles. The van der Waals surface area contributed by atoms with Crippen molar-refractivity contribution in [2.45, 2.75) is 38.1 Å². The molecule has 0 aliphatic heterocycles. The largest absolute Gasteiger partial charge is 0.467 e. The summed E-state index contributed by atoms with van der Waals surface area (Å²) in [6.45, 7) is 1.98. The smallest absolute Gasteiger partial charge is 0.358 e. The second kappa shape index (κ2) is 8.56. The fraction of sp³-hybridized carbons (Fsp3) is 0.400. The Balaban J connectivity index is 1.94. The van der Waals surface area contributed by atoms with E-state index >= 15 is 0 Å². The molecule has 8 heteroatoms. The highest BCUT2D eigenvalue weighted by Gasteiger charge is 2.31. The van der Waals surface area contributed by atoms with E-state index in [1.54, 1.807) is 0 Å². The lowest BCUT2D eigenvalue weighted by atomic mass is 10.0. The first-order valence-corrected chi connectivity index (χ1v) is 9.36. The van der Waals surface area contributed by atoms with Crippen molar-refractivity contribution < 1.29 is 19.1 Å². The van der Waals surface area contributed by atoms with Crippen molar-refractivity contribution in [1.29, 1.82) is 0 Å². The molecule has 0 bridgehead atoms. The van der Waals surface area contributed by atoms with E-state index in [0.717, 1.165) is 24.0 Å². The van der Waals surface area contributed by atoms with E-state index in [1.807, 2.05) is 31.2 Å². The number of aryl methyl sites for hydroxylation is 1. The fourth-order valence-electron chi connectivity index (χ4n) is 2.89. The van der Waals surface area contributed by atoms with Crippen LogP contribution in [0.4, 0.5) is 5.82 Å². The maximum atomic E-state index is 12.4. The van der Waals surface area contributed by atoms with Crippen molar-refractivity contribution in [3.05, 3.63) is 51.9 Å². The van der Waals surface area contributed by atoms with Crippen molar-refractivity contribution in [1.82, 2.24) is 9.97 Å². The maximum absolute atomic E-state index is 12.4. The Morgan fingerprint density at radius 3 is 2.61 bits per heavy atom. The topological polar surface area (TPSA) is 90.4 Å². The molecule has 0 spiro atoms. The monoisotopic (exact) mass is 403 g/mol. The number of carbonyl (C=O) groups is 2. The van der Waals surface area contributed by atoms with E-state index in [9.17, 15) is 9.59 Å². The molecule has 1 N–H and O–H groups in total. The van der Waals surface area contributed by atoms with E-state index < -0.39 is 18.0 Å². The third-order valence-electron chi connectivity index (χ3n) is 4.51. The average Bonchev–Trinajstić information content (AvgIpc) is 3.53. The average molecular weight is 404 g/mol. The van der Waals surface area contributed by atoms with Gasteiger partial charge in [-0.25, -0.2) is 19.6 Å². The predicted octanol–water partition coefficient (Wildman–Crippen LogP) is 3.30. The summed E-state index contributed by atoms with van der Waals surface area (Å²) in [6.07, 6.45) is 2.28. The third kappa shape index (κ3) is 4.59. The summed E-state index contributed by atoms with van der Waals surface area (Å²) in [4.78, 5) is 33.1. The van der Waals surface area contributed by atoms with Gasteiger partial charge in [-0.05, 0) is 25.3 Å². The summed E-state index contributed by atoms with van der Waals surface area (Å²) >= 11 is 6.36. The highest BCUT2D eigenvalue weighted by molar-refractivity contribution is 6.35. The number of anilines is 1. The number of hydrogen-bond acceptors (Lipinski definition) is 7. The third-order valence-corrected chi connectivity index (χ3v) is 4.87. The first-order valence-electron chi connectivity index (χ1n) is 8.98. The van der Waals surface area contributed by atoms with Crippen LogP contribution in [-0.4, -0.2) is 42.2 Å². The Bertz CT molecular complexity index is 899. The molecule has 2 aromatic rings. The zero-order chi connectivity index (χ0) is 20.3. The van der Waals surface area contributed by atoms with E-state index in [2.05, 4.69) is 15.3 Å². The van der Waals surface area contributed by atoms with Gasteiger partial charge in [-0.3, -0.25) is 0 Å². The number of carbonyl (C=O) groups excluding carboxylic acids is 2. The first kappa shape index (κ1) is 20.1. The van der Waals surface area contributed by atoms with Crippen LogP contribution < -0.4 is 5.32 Å². The van der Waals surface area contributed by atoms with Crippen LogP contribution in [0.25, 0.3) is 0 Å². The minimum absolute atomic E-state index is 0.0114. The number of aromatic nitrogens is 2. The number of ether oxygens (including phenoxy) is 2. The van der Waals surface area contributed by atoms with Gasteiger partial charge < -0.3 is 14.8 Å². The molecule has 1 atom stereocenters. The fourth-order valence-corrected chi connectivity index (χ4v) is 3.11. The number of halogens is 1. The lowest BCUT2D eigenvalue weighted by Crippen LogP contribution is -2.33. The van der Waals surface area contributed by atoms with E-state index in [-0.39, 0.29) is 22.5 Å². The molecule has 148 valence electrons. The number of esters is 2. The first-order chi connectivity index (χ1) is 13.4. The van der Waals surface area contributed by atoms with E-state index in [0.29, 0.717) is 12.2 Å². The van der Waals surface area contributed by atoms with Gasteiger partial charge in [0.25, 0.3) is 0 Å². The summed E-state index contributed by atoms with van der Waals surface area (Å²) < 4.78 is 9.71. The molecule has 1 fully saturated rings. The molecule has 0 amide bonds. The van der Waals surface area contributed by atoms with Crippen LogP contribution in [0.5, 0.6) is 0 Å². The van der Waals surface area contributed by atoms with Crippen LogP contribution in [0.3, 0.4) is 0 Å². The van der Waals surface area contributed by atoms with Crippen LogP contribution in [0.1, 0.15) is 46.2 Å². The van der Waals surface area contributed by atoms with Crippen molar-refractivity contribution in [2.24, 2.45) is 0 Å². The molecule has 28 heavy (non-hydrogen) atoms. The molecular weight excluding hydrogens is 382 g/mol. The number of rotatable bonds is 7. The van der Waals surface area contributed by atoms with Crippen molar-refractivity contribution in [3.63, 3.8) is 0 Å². The van der Waals surface area contributed by atoms with Crippen molar-refractivity contribution in [3.8, 4) is 0 Å². The van der Waals surface area contributed by atoms with Crippen LogP contribution >= 0.6 is 11.6 Å². The zero-order valence-electron chi connectivity index (χ0n) is 16.0. The Morgan fingerprint density at radius 2 is 2.00 bits per heavy atom. The molecule has 7 nitrogen and oxygen atoms in total. The SMILES string of the molecule is COC(=O)c1nc(C2CC2)nc(N[C@@H](Cc2cccc(C)c2)C(=O)OC)c1Cl. The predicted molar refractivity (Wildman–Crippen MR) is 105 cm³/mol. The molecule has 1 aromatic carbocycles. The van der Waals surface area contributed by atoms with Gasteiger partial charge in [0.05, 0.1) is 14.2 Å². The van der Waals surface area contributed by atoms with Gasteiger partial charge in [-0.1, -0.05) is 41.4 Å². The van der Waals surface area contributed by atoms with Crippen molar-refractivity contribution >= 4 is 29.4 Å². The molecule has 0 unspecified atom stereocenters. The maximum Gasteiger partial charge on any atom is 0.358 e. The normalized spacial score (nSPS) is 14.3. The minimum Gasteiger partial charge on any atom is -0.467 e. The molecule has 1 saturated carbocycles. The minimum atomic E-state index is -0.725. The van der Waals surface area contributed by atoms with Gasteiger partial charge in [-0.2, -0.15) is 0 Å². The summed E-state index contributed by atoms with van der Waals surface area (Å²) in [6, 6.07) is 7.11. The summed E-state index contributed by atoms with van der Waals surface area (Å²) in [5.41, 5.74) is 2.04. The molecule has 0 radical (unpaired) electrons. The second-order valence-electron chi connectivity index (χ2n) is 6.77. The number of nitrogens with zero attached hydrogens (tertiary/aromatic N) is 2. The molecule has 1 heterocycles. The van der Waals surface area contributed by atoms with Gasteiger partial charge in [0.1, 0.15) is 22.7 Å². The highest BCUT2D eigenvalue weighted by Crippen LogP contribution is 2.40. The Labute approximate surface area is 168 Å². The quantitative estimate of drug-likeness (QED) is 0.709. The summed E-state index contributed by atoms with van der Waals surface area (Å²) in [5, 5.41) is 3.07. The second-order valence-corrected chi connectivity index (χ2v) is 7.15. The Morgan fingerprint density at radius 1 is 1.25 bits per heavy atom. The number of benzene rings is 1. The van der Waals surface area contributed by atoms with Gasteiger partial charge in [0.15, 0.2) is 5.69 Å². The van der Waals surface area contributed by atoms with E-state index in [1.165, 1.54) is 14.2 Å². The highest BCUT2D eigenvalue weighted by atomic mass is 35.5.